The molecule has 0 amide bonds. The summed E-state index contributed by atoms with van der Waals surface area (Å²) in [6, 6.07) is 12.5. The number of fused-ring (bicyclic) bond motifs is 2. The molecule has 0 spiro atoms. The molecule has 1 saturated carbocycles. The summed E-state index contributed by atoms with van der Waals surface area (Å²) in [4.78, 5) is 4.64. The second kappa shape index (κ2) is 7.60. The van der Waals surface area contributed by atoms with E-state index in [1.54, 1.807) is 0 Å². The van der Waals surface area contributed by atoms with E-state index in [2.05, 4.69) is 44.9 Å². The Morgan fingerprint density at radius 2 is 1.93 bits per heavy atom. The zero-order valence-electron chi connectivity index (χ0n) is 17.3. The third-order valence-electron chi connectivity index (χ3n) is 5.90. The molecule has 1 fully saturated rings. The van der Waals surface area contributed by atoms with Crippen molar-refractivity contribution in [2.45, 2.75) is 58.2 Å². The number of aryl methyl sites for hydroxylation is 2. The van der Waals surface area contributed by atoms with Crippen molar-refractivity contribution >= 4 is 34.0 Å². The zero-order chi connectivity index (χ0) is 20.7. The molecule has 1 aromatic carbocycles. The highest BCUT2D eigenvalue weighted by atomic mass is 16.3. The normalized spacial score (nSPS) is 19.4. The van der Waals surface area contributed by atoms with Crippen molar-refractivity contribution in [1.29, 1.82) is 0 Å². The maximum Gasteiger partial charge on any atom is 0.247 e. The summed E-state index contributed by atoms with van der Waals surface area (Å²) < 4.78 is 3.85. The van der Waals surface area contributed by atoms with Gasteiger partial charge in [0.05, 0.1) is 17.3 Å². The predicted molar refractivity (Wildman–Crippen MR) is 118 cm³/mol. The van der Waals surface area contributed by atoms with E-state index in [4.69, 9.17) is 0 Å². The molecule has 0 saturated heterocycles. The standard InChI is InChI=1S/C22H27N7O/c1-3-28-19-13-16(9-12-18(19)14(2)26-28)24-22-25-21-6-4-5-20(29(21)27-22)23-15-7-10-17(30)11-8-15/h4-6,9,12-13,15,17,23,30H,3,7-8,10-11H2,1-2H3,(H,24,27)/t15-,17+. The van der Waals surface area contributed by atoms with Gasteiger partial charge in [0.1, 0.15) is 5.82 Å². The van der Waals surface area contributed by atoms with Gasteiger partial charge in [-0.2, -0.15) is 14.6 Å². The molecule has 30 heavy (non-hydrogen) atoms. The van der Waals surface area contributed by atoms with E-state index in [1.165, 1.54) is 0 Å². The Balaban J connectivity index is 1.41. The van der Waals surface area contributed by atoms with Gasteiger partial charge in [0.15, 0.2) is 5.65 Å². The van der Waals surface area contributed by atoms with Crippen molar-refractivity contribution in [1.82, 2.24) is 24.4 Å². The van der Waals surface area contributed by atoms with Gasteiger partial charge < -0.3 is 15.7 Å². The van der Waals surface area contributed by atoms with Crippen molar-refractivity contribution in [2.75, 3.05) is 10.6 Å². The third-order valence-corrected chi connectivity index (χ3v) is 5.90. The molecule has 0 atom stereocenters. The number of nitrogens with zero attached hydrogens (tertiary/aromatic N) is 5. The van der Waals surface area contributed by atoms with Crippen LogP contribution in [-0.2, 0) is 6.54 Å². The van der Waals surface area contributed by atoms with Gasteiger partial charge in [-0.05, 0) is 69.9 Å². The smallest absolute Gasteiger partial charge is 0.247 e. The average Bonchev–Trinajstić information content (AvgIpc) is 3.30. The number of hydrogen-bond acceptors (Lipinski definition) is 6. The van der Waals surface area contributed by atoms with Gasteiger partial charge in [-0.25, -0.2) is 0 Å². The molecule has 5 rings (SSSR count). The fourth-order valence-corrected chi connectivity index (χ4v) is 4.28. The Morgan fingerprint density at radius 1 is 1.10 bits per heavy atom. The van der Waals surface area contributed by atoms with Crippen molar-refractivity contribution in [2.24, 2.45) is 0 Å². The number of nitrogens with one attached hydrogen (secondary N) is 2. The Kier molecular flexibility index (Phi) is 4.78. The van der Waals surface area contributed by atoms with Crippen LogP contribution in [0.4, 0.5) is 17.5 Å². The first kappa shape index (κ1) is 18.9. The molecule has 1 aliphatic rings. The highest BCUT2D eigenvalue weighted by molar-refractivity contribution is 5.85. The van der Waals surface area contributed by atoms with Gasteiger partial charge in [-0.15, -0.1) is 5.10 Å². The van der Waals surface area contributed by atoms with E-state index >= 15 is 0 Å². The van der Waals surface area contributed by atoms with Crippen LogP contribution in [0.2, 0.25) is 0 Å². The van der Waals surface area contributed by atoms with E-state index in [-0.39, 0.29) is 6.10 Å². The first-order chi connectivity index (χ1) is 14.6. The topological polar surface area (TPSA) is 92.3 Å². The molecular weight excluding hydrogens is 378 g/mol. The summed E-state index contributed by atoms with van der Waals surface area (Å²) >= 11 is 0. The lowest BCUT2D eigenvalue weighted by Gasteiger charge is -2.26. The zero-order valence-corrected chi connectivity index (χ0v) is 17.3. The van der Waals surface area contributed by atoms with Crippen LogP contribution in [0.15, 0.2) is 36.4 Å². The largest absolute Gasteiger partial charge is 0.393 e. The maximum atomic E-state index is 9.74. The lowest BCUT2D eigenvalue weighted by molar-refractivity contribution is 0.126. The summed E-state index contributed by atoms with van der Waals surface area (Å²) in [5.74, 6) is 1.48. The summed E-state index contributed by atoms with van der Waals surface area (Å²) in [7, 11) is 0. The van der Waals surface area contributed by atoms with E-state index in [0.29, 0.717) is 12.0 Å². The number of pyridine rings is 1. The molecule has 0 radical (unpaired) electrons. The van der Waals surface area contributed by atoms with Crippen molar-refractivity contribution in [3.05, 3.63) is 42.1 Å². The van der Waals surface area contributed by atoms with Crippen LogP contribution in [0.3, 0.4) is 0 Å². The number of benzene rings is 1. The number of anilines is 3. The molecule has 0 unspecified atom stereocenters. The third kappa shape index (κ3) is 3.47. The molecule has 4 aromatic rings. The van der Waals surface area contributed by atoms with Crippen LogP contribution in [0, 0.1) is 6.92 Å². The lowest BCUT2D eigenvalue weighted by atomic mass is 9.93. The van der Waals surface area contributed by atoms with Gasteiger partial charge in [-0.1, -0.05) is 6.07 Å². The van der Waals surface area contributed by atoms with Crippen molar-refractivity contribution in [3.8, 4) is 0 Å². The second-order valence-corrected chi connectivity index (χ2v) is 8.02. The first-order valence-corrected chi connectivity index (χ1v) is 10.7. The van der Waals surface area contributed by atoms with Crippen LogP contribution in [0.1, 0.15) is 38.3 Å². The summed E-state index contributed by atoms with van der Waals surface area (Å²) in [6.07, 6.45) is 3.44. The number of hydrogen-bond donors (Lipinski definition) is 3. The van der Waals surface area contributed by atoms with Crippen LogP contribution in [0.25, 0.3) is 16.6 Å². The minimum atomic E-state index is -0.161. The number of rotatable bonds is 5. The van der Waals surface area contributed by atoms with Crippen molar-refractivity contribution in [3.63, 3.8) is 0 Å². The van der Waals surface area contributed by atoms with Crippen molar-refractivity contribution < 1.29 is 5.11 Å². The Labute approximate surface area is 174 Å². The quantitative estimate of drug-likeness (QED) is 0.467. The van der Waals surface area contributed by atoms with Gasteiger partial charge >= 0.3 is 0 Å². The summed E-state index contributed by atoms with van der Waals surface area (Å²) in [5.41, 5.74) is 3.86. The van der Waals surface area contributed by atoms with E-state index in [9.17, 15) is 5.11 Å². The molecule has 3 N–H and O–H groups in total. The second-order valence-electron chi connectivity index (χ2n) is 8.02. The Hall–Kier alpha value is -3.13. The molecule has 0 aliphatic heterocycles. The molecule has 8 heteroatoms. The van der Waals surface area contributed by atoms with E-state index < -0.39 is 0 Å². The molecule has 1 aliphatic carbocycles. The van der Waals surface area contributed by atoms with E-state index in [0.717, 1.165) is 66.0 Å². The molecule has 8 nitrogen and oxygen atoms in total. The van der Waals surface area contributed by atoms with Crippen LogP contribution in [-0.4, -0.2) is 41.6 Å². The molecule has 3 aromatic heterocycles. The van der Waals surface area contributed by atoms with Crippen LogP contribution in [0.5, 0.6) is 0 Å². The predicted octanol–water partition coefficient (Wildman–Crippen LogP) is 3.87. The molecule has 0 bridgehead atoms. The Bertz CT molecular complexity index is 1190. The van der Waals surface area contributed by atoms with Crippen LogP contribution < -0.4 is 10.6 Å². The van der Waals surface area contributed by atoms with Gasteiger partial charge in [-0.3, -0.25) is 4.68 Å². The summed E-state index contributed by atoms with van der Waals surface area (Å²) in [5, 5.41) is 27.1. The number of aromatic nitrogens is 5. The molecule has 156 valence electrons. The van der Waals surface area contributed by atoms with Gasteiger partial charge in [0, 0.05) is 23.7 Å². The van der Waals surface area contributed by atoms with Crippen LogP contribution >= 0.6 is 0 Å². The first-order valence-electron chi connectivity index (χ1n) is 10.7. The summed E-state index contributed by atoms with van der Waals surface area (Å²) in [6.45, 7) is 4.96. The molecule has 3 heterocycles. The monoisotopic (exact) mass is 405 g/mol. The maximum absolute atomic E-state index is 9.74. The van der Waals surface area contributed by atoms with E-state index in [1.807, 2.05) is 40.4 Å². The molecular formula is C22H27N7O. The minimum Gasteiger partial charge on any atom is -0.393 e. The Morgan fingerprint density at radius 3 is 2.73 bits per heavy atom. The minimum absolute atomic E-state index is 0.161. The number of aliphatic hydroxyl groups is 1. The fourth-order valence-electron chi connectivity index (χ4n) is 4.28. The fraction of sp³-hybridized carbons (Fsp3) is 0.409. The highest BCUT2D eigenvalue weighted by Gasteiger charge is 2.20. The highest BCUT2D eigenvalue weighted by Crippen LogP contribution is 2.25. The van der Waals surface area contributed by atoms with Gasteiger partial charge in [0.2, 0.25) is 5.95 Å². The lowest BCUT2D eigenvalue weighted by Crippen LogP contribution is -2.29. The number of aliphatic hydroxyl groups excluding tert-OH is 1. The SMILES string of the molecule is CCn1nc(C)c2ccc(Nc3nc4cccc(N[C@H]5CC[C@@H](O)CC5)n4n3)cc21. The average molecular weight is 406 g/mol. The van der Waals surface area contributed by atoms with Gasteiger partial charge in [0.25, 0.3) is 0 Å².